The van der Waals surface area contributed by atoms with E-state index in [1.165, 1.54) is 0 Å². The van der Waals surface area contributed by atoms with Crippen molar-refractivity contribution in [1.82, 2.24) is 0 Å². The third-order valence-electron chi connectivity index (χ3n) is 4.73. The second kappa shape index (κ2) is 6.71. The van der Waals surface area contributed by atoms with Crippen molar-refractivity contribution in [2.75, 3.05) is 23.6 Å². The third kappa shape index (κ3) is 3.10. The Morgan fingerprint density at radius 3 is 2.62 bits per heavy atom. The first-order chi connectivity index (χ1) is 12.7. The average molecular weight is 352 g/mol. The molecule has 0 bridgehead atoms. The van der Waals surface area contributed by atoms with Gasteiger partial charge in [-0.2, -0.15) is 0 Å². The zero-order chi connectivity index (χ0) is 18.1. The number of nitrogens with one attached hydrogen (secondary N) is 1. The Hall–Kier alpha value is -3.02. The Kier molecular flexibility index (Phi) is 4.24. The smallest absolute Gasteiger partial charge is 0.231 e. The topological polar surface area (TPSA) is 67.9 Å². The first-order valence-electron chi connectivity index (χ1n) is 8.74. The molecule has 6 heteroatoms. The summed E-state index contributed by atoms with van der Waals surface area (Å²) < 4.78 is 10.6. The summed E-state index contributed by atoms with van der Waals surface area (Å²) in [5, 5.41) is 2.87. The standard InChI is InChI=1S/C20H20N2O4/c1-2-22(14-6-4-3-5-7-14)20(24)16-11-15(16)19(23)21-13-8-9-17-18(10-13)26-12-25-17/h3-10,15-16H,2,11-12H2,1H3,(H,21,23). The molecule has 2 unspecified atom stereocenters. The van der Waals surface area contributed by atoms with E-state index in [-0.39, 0.29) is 30.4 Å². The Labute approximate surface area is 151 Å². The summed E-state index contributed by atoms with van der Waals surface area (Å²) in [5.74, 6) is 0.613. The molecule has 2 aromatic carbocycles. The largest absolute Gasteiger partial charge is 0.454 e. The van der Waals surface area contributed by atoms with E-state index in [2.05, 4.69) is 5.32 Å². The van der Waals surface area contributed by atoms with Crippen LogP contribution in [0.25, 0.3) is 0 Å². The number of ether oxygens (including phenoxy) is 2. The van der Waals surface area contributed by atoms with Crippen molar-refractivity contribution in [3.8, 4) is 11.5 Å². The summed E-state index contributed by atoms with van der Waals surface area (Å²) in [4.78, 5) is 27.0. The summed E-state index contributed by atoms with van der Waals surface area (Å²) >= 11 is 0. The van der Waals surface area contributed by atoms with Gasteiger partial charge in [0.25, 0.3) is 0 Å². The van der Waals surface area contributed by atoms with Gasteiger partial charge in [-0.25, -0.2) is 0 Å². The zero-order valence-corrected chi connectivity index (χ0v) is 14.5. The van der Waals surface area contributed by atoms with Gasteiger partial charge in [-0.15, -0.1) is 0 Å². The van der Waals surface area contributed by atoms with E-state index in [0.29, 0.717) is 30.2 Å². The molecule has 0 spiro atoms. The van der Waals surface area contributed by atoms with Gasteiger partial charge in [0, 0.05) is 24.0 Å². The molecule has 1 saturated carbocycles. The molecule has 1 fully saturated rings. The molecular formula is C20H20N2O4. The van der Waals surface area contributed by atoms with Gasteiger partial charge in [0.05, 0.1) is 11.8 Å². The van der Waals surface area contributed by atoms with E-state index >= 15 is 0 Å². The molecule has 6 nitrogen and oxygen atoms in total. The van der Waals surface area contributed by atoms with Crippen LogP contribution in [0.2, 0.25) is 0 Å². The highest BCUT2D eigenvalue weighted by Gasteiger charge is 2.49. The maximum atomic E-state index is 12.8. The van der Waals surface area contributed by atoms with Gasteiger partial charge in [0.1, 0.15) is 0 Å². The number of fused-ring (bicyclic) bond motifs is 1. The predicted molar refractivity (Wildman–Crippen MR) is 97.3 cm³/mol. The molecule has 1 aliphatic carbocycles. The minimum Gasteiger partial charge on any atom is -0.454 e. The molecule has 2 aliphatic rings. The van der Waals surface area contributed by atoms with E-state index in [1.807, 2.05) is 37.3 Å². The summed E-state index contributed by atoms with van der Waals surface area (Å²) in [7, 11) is 0. The molecular weight excluding hydrogens is 332 g/mol. The van der Waals surface area contributed by atoms with Crippen LogP contribution in [-0.4, -0.2) is 25.2 Å². The van der Waals surface area contributed by atoms with E-state index in [1.54, 1.807) is 23.1 Å². The number of hydrogen-bond acceptors (Lipinski definition) is 4. The van der Waals surface area contributed by atoms with Crippen LogP contribution in [0.15, 0.2) is 48.5 Å². The molecule has 2 atom stereocenters. The van der Waals surface area contributed by atoms with Crippen LogP contribution in [0, 0.1) is 11.8 Å². The van der Waals surface area contributed by atoms with Crippen LogP contribution >= 0.6 is 0 Å². The number of anilines is 2. The van der Waals surface area contributed by atoms with Gasteiger partial charge >= 0.3 is 0 Å². The lowest BCUT2D eigenvalue weighted by Crippen LogP contribution is -2.33. The van der Waals surface area contributed by atoms with Gasteiger partial charge in [-0.1, -0.05) is 18.2 Å². The second-order valence-electron chi connectivity index (χ2n) is 6.42. The van der Waals surface area contributed by atoms with Crippen LogP contribution in [0.1, 0.15) is 13.3 Å². The Bertz CT molecular complexity index is 837. The molecule has 134 valence electrons. The Morgan fingerprint density at radius 1 is 1.08 bits per heavy atom. The Balaban J connectivity index is 1.39. The second-order valence-corrected chi connectivity index (χ2v) is 6.42. The average Bonchev–Trinajstić information content (AvgIpc) is 3.34. The molecule has 4 rings (SSSR count). The molecule has 26 heavy (non-hydrogen) atoms. The minimum atomic E-state index is -0.286. The zero-order valence-electron chi connectivity index (χ0n) is 14.5. The maximum absolute atomic E-state index is 12.8. The van der Waals surface area contributed by atoms with Crippen molar-refractivity contribution in [2.45, 2.75) is 13.3 Å². The fourth-order valence-corrected chi connectivity index (χ4v) is 3.24. The highest BCUT2D eigenvalue weighted by atomic mass is 16.7. The number of amides is 2. The van der Waals surface area contributed by atoms with Crippen molar-refractivity contribution in [3.63, 3.8) is 0 Å². The highest BCUT2D eigenvalue weighted by molar-refractivity contribution is 6.04. The molecule has 1 heterocycles. The fraction of sp³-hybridized carbons (Fsp3) is 0.300. The van der Waals surface area contributed by atoms with Gasteiger partial charge in [0.2, 0.25) is 18.6 Å². The van der Waals surface area contributed by atoms with Gasteiger partial charge in [-0.3, -0.25) is 9.59 Å². The number of carbonyl (C=O) groups is 2. The Morgan fingerprint density at radius 2 is 1.85 bits per heavy atom. The molecule has 2 aromatic rings. The lowest BCUT2D eigenvalue weighted by Gasteiger charge is -2.21. The van der Waals surface area contributed by atoms with Crippen molar-refractivity contribution < 1.29 is 19.1 Å². The molecule has 1 N–H and O–H groups in total. The SMILES string of the molecule is CCN(C(=O)C1CC1C(=O)Nc1ccc2c(c1)OCO2)c1ccccc1. The summed E-state index contributed by atoms with van der Waals surface area (Å²) in [6.45, 7) is 2.71. The number of carbonyl (C=O) groups excluding carboxylic acids is 2. The number of rotatable bonds is 5. The van der Waals surface area contributed by atoms with Gasteiger partial charge < -0.3 is 19.7 Å². The quantitative estimate of drug-likeness (QED) is 0.898. The fourth-order valence-electron chi connectivity index (χ4n) is 3.24. The first kappa shape index (κ1) is 16.4. The molecule has 0 saturated heterocycles. The molecule has 0 aromatic heterocycles. The lowest BCUT2D eigenvalue weighted by atomic mass is 10.2. The van der Waals surface area contributed by atoms with Crippen LogP contribution in [-0.2, 0) is 9.59 Å². The van der Waals surface area contributed by atoms with Crippen molar-refractivity contribution in [3.05, 3.63) is 48.5 Å². The monoisotopic (exact) mass is 352 g/mol. The van der Waals surface area contributed by atoms with Gasteiger partial charge in [-0.05, 0) is 37.6 Å². The summed E-state index contributed by atoms with van der Waals surface area (Å²) in [6, 6.07) is 14.8. The van der Waals surface area contributed by atoms with E-state index in [9.17, 15) is 9.59 Å². The first-order valence-corrected chi connectivity index (χ1v) is 8.74. The maximum Gasteiger partial charge on any atom is 0.231 e. The number of benzene rings is 2. The van der Waals surface area contributed by atoms with Gasteiger partial charge in [0.15, 0.2) is 11.5 Å². The highest BCUT2D eigenvalue weighted by Crippen LogP contribution is 2.42. The number of hydrogen-bond donors (Lipinski definition) is 1. The molecule has 0 radical (unpaired) electrons. The summed E-state index contributed by atoms with van der Waals surface area (Å²) in [5.41, 5.74) is 1.51. The van der Waals surface area contributed by atoms with E-state index < -0.39 is 0 Å². The van der Waals surface area contributed by atoms with Crippen LogP contribution in [0.3, 0.4) is 0 Å². The molecule has 1 aliphatic heterocycles. The van der Waals surface area contributed by atoms with Crippen molar-refractivity contribution in [1.29, 1.82) is 0 Å². The summed E-state index contributed by atoms with van der Waals surface area (Å²) in [6.07, 6.45) is 0.582. The molecule has 2 amide bonds. The van der Waals surface area contributed by atoms with E-state index in [4.69, 9.17) is 9.47 Å². The lowest BCUT2D eigenvalue weighted by molar-refractivity contribution is -0.123. The number of para-hydroxylation sites is 1. The van der Waals surface area contributed by atoms with Crippen molar-refractivity contribution in [2.24, 2.45) is 11.8 Å². The normalized spacial score (nSPS) is 19.7. The van der Waals surface area contributed by atoms with Crippen molar-refractivity contribution >= 4 is 23.2 Å². The predicted octanol–water partition coefficient (Wildman–Crippen LogP) is 3.04. The van der Waals surface area contributed by atoms with E-state index in [0.717, 1.165) is 5.69 Å². The van der Waals surface area contributed by atoms with Crippen LogP contribution in [0.5, 0.6) is 11.5 Å². The third-order valence-corrected chi connectivity index (χ3v) is 4.73. The van der Waals surface area contributed by atoms with Crippen LogP contribution < -0.4 is 19.7 Å². The number of nitrogens with zero attached hydrogens (tertiary/aromatic N) is 1. The van der Waals surface area contributed by atoms with Crippen LogP contribution in [0.4, 0.5) is 11.4 Å². The minimum absolute atomic E-state index is 0.00420.